The van der Waals surface area contributed by atoms with E-state index in [0.717, 1.165) is 51.7 Å². The normalized spacial score (nSPS) is 11.1. The van der Waals surface area contributed by atoms with Crippen molar-refractivity contribution < 1.29 is 9.47 Å². The van der Waals surface area contributed by atoms with Gasteiger partial charge in [0.2, 0.25) is 0 Å². The number of unbranched alkanes of at least 4 members (excludes halogenated alkanes) is 1. The Hall–Kier alpha value is -0.860. The van der Waals surface area contributed by atoms with Crippen molar-refractivity contribution in [2.24, 2.45) is 4.99 Å². The highest BCUT2D eigenvalue weighted by molar-refractivity contribution is 14.0. The van der Waals surface area contributed by atoms with E-state index < -0.39 is 0 Å². The lowest BCUT2D eigenvalue weighted by Gasteiger charge is -2.12. The number of nitrogens with zero attached hydrogens (tertiary/aromatic N) is 1. The van der Waals surface area contributed by atoms with Crippen molar-refractivity contribution in [1.82, 2.24) is 10.6 Å². The summed E-state index contributed by atoms with van der Waals surface area (Å²) in [6.07, 6.45) is 3.30. The first-order valence-corrected chi connectivity index (χ1v) is 9.56. The molecule has 0 atom stereocenters. The lowest BCUT2D eigenvalue weighted by atomic mass is 10.1. The average molecular weight is 477 g/mol. The maximum Gasteiger partial charge on any atom is 0.191 e. The van der Waals surface area contributed by atoms with Gasteiger partial charge in [-0.05, 0) is 37.8 Å². The number of ether oxygens (including phenoxy) is 2. The zero-order valence-corrected chi connectivity index (χ0v) is 18.9. The first-order chi connectivity index (χ1) is 12.3. The van der Waals surface area contributed by atoms with Crippen molar-refractivity contribution in [3.8, 4) is 0 Å². The van der Waals surface area contributed by atoms with E-state index in [1.54, 1.807) is 0 Å². The number of halogens is 1. The summed E-state index contributed by atoms with van der Waals surface area (Å²) in [4.78, 5) is 4.70. The van der Waals surface area contributed by atoms with Crippen LogP contribution in [-0.4, -0.2) is 38.9 Å². The highest BCUT2D eigenvalue weighted by atomic mass is 127. The summed E-state index contributed by atoms with van der Waals surface area (Å²) in [6, 6.07) is 8.31. The van der Waals surface area contributed by atoms with Gasteiger partial charge < -0.3 is 20.1 Å². The molecular formula is C20H36IN3O2. The topological polar surface area (TPSA) is 54.9 Å². The molecule has 0 bridgehead atoms. The van der Waals surface area contributed by atoms with E-state index in [4.69, 9.17) is 14.5 Å². The third-order valence-electron chi connectivity index (χ3n) is 3.73. The second kappa shape index (κ2) is 17.5. The van der Waals surface area contributed by atoms with Crippen molar-refractivity contribution in [1.29, 1.82) is 0 Å². The van der Waals surface area contributed by atoms with Gasteiger partial charge in [0.05, 0.1) is 13.2 Å². The Morgan fingerprint density at radius 3 is 2.38 bits per heavy atom. The predicted molar refractivity (Wildman–Crippen MR) is 120 cm³/mol. The van der Waals surface area contributed by atoms with E-state index in [0.29, 0.717) is 13.2 Å². The molecule has 6 heteroatoms. The molecule has 0 aliphatic carbocycles. The maximum atomic E-state index is 5.58. The van der Waals surface area contributed by atoms with Gasteiger partial charge in [-0.25, -0.2) is 4.99 Å². The maximum absolute atomic E-state index is 5.58. The highest BCUT2D eigenvalue weighted by Crippen LogP contribution is 2.11. The fourth-order valence-corrected chi connectivity index (χ4v) is 2.30. The van der Waals surface area contributed by atoms with Gasteiger partial charge in [0, 0.05) is 32.9 Å². The van der Waals surface area contributed by atoms with Crippen LogP contribution >= 0.6 is 24.0 Å². The van der Waals surface area contributed by atoms with Gasteiger partial charge in [-0.3, -0.25) is 0 Å². The van der Waals surface area contributed by atoms with Crippen molar-refractivity contribution in [2.45, 2.75) is 53.2 Å². The molecule has 0 aromatic heterocycles. The van der Waals surface area contributed by atoms with Crippen LogP contribution in [0.4, 0.5) is 0 Å². The van der Waals surface area contributed by atoms with Crippen LogP contribution in [0.5, 0.6) is 0 Å². The van der Waals surface area contributed by atoms with E-state index in [2.05, 4.69) is 36.6 Å². The summed E-state index contributed by atoms with van der Waals surface area (Å²) >= 11 is 0. The molecule has 5 nitrogen and oxygen atoms in total. The molecule has 0 spiro atoms. The lowest BCUT2D eigenvalue weighted by Crippen LogP contribution is -2.38. The molecule has 2 N–H and O–H groups in total. The second-order valence-electron chi connectivity index (χ2n) is 5.85. The fourth-order valence-electron chi connectivity index (χ4n) is 2.30. The molecule has 0 aliphatic heterocycles. The summed E-state index contributed by atoms with van der Waals surface area (Å²) in [7, 11) is 0. The molecule has 0 amide bonds. The molecule has 1 aromatic rings. The Morgan fingerprint density at radius 2 is 1.69 bits per heavy atom. The van der Waals surface area contributed by atoms with Crippen LogP contribution in [0, 0.1) is 0 Å². The summed E-state index contributed by atoms with van der Waals surface area (Å²) in [5.41, 5.74) is 2.41. The molecule has 0 aliphatic rings. The Bertz CT molecular complexity index is 484. The minimum atomic E-state index is 0. The smallest absolute Gasteiger partial charge is 0.191 e. The quantitative estimate of drug-likeness (QED) is 0.194. The molecule has 0 heterocycles. The van der Waals surface area contributed by atoms with Crippen molar-refractivity contribution in [3.05, 3.63) is 35.4 Å². The summed E-state index contributed by atoms with van der Waals surface area (Å²) in [5, 5.41) is 6.67. The van der Waals surface area contributed by atoms with Gasteiger partial charge in [-0.15, -0.1) is 24.0 Å². The third kappa shape index (κ3) is 11.7. The van der Waals surface area contributed by atoms with Crippen LogP contribution in [0.15, 0.2) is 29.3 Å². The monoisotopic (exact) mass is 477 g/mol. The second-order valence-corrected chi connectivity index (χ2v) is 5.85. The van der Waals surface area contributed by atoms with Gasteiger partial charge >= 0.3 is 0 Å². The predicted octanol–water partition coefficient (Wildman–Crippen LogP) is 4.10. The molecular weight excluding hydrogens is 441 g/mol. The summed E-state index contributed by atoms with van der Waals surface area (Å²) in [5.74, 6) is 0.849. The van der Waals surface area contributed by atoms with Crippen LogP contribution < -0.4 is 10.6 Å². The van der Waals surface area contributed by atoms with Gasteiger partial charge in [0.1, 0.15) is 0 Å². The van der Waals surface area contributed by atoms with E-state index >= 15 is 0 Å². The lowest BCUT2D eigenvalue weighted by molar-refractivity contribution is 0.129. The molecule has 0 unspecified atom stereocenters. The van der Waals surface area contributed by atoms with Crippen LogP contribution in [0.1, 0.15) is 51.2 Å². The Morgan fingerprint density at radius 1 is 0.962 bits per heavy atom. The number of guanidine groups is 1. The molecule has 1 rings (SSSR count). The minimum absolute atomic E-state index is 0. The Kier molecular flexibility index (Phi) is 17.0. The van der Waals surface area contributed by atoms with Crippen LogP contribution in [0.2, 0.25) is 0 Å². The van der Waals surface area contributed by atoms with Crippen LogP contribution in [0.25, 0.3) is 0 Å². The molecule has 0 saturated heterocycles. The van der Waals surface area contributed by atoms with E-state index in [1.165, 1.54) is 17.5 Å². The average Bonchev–Trinajstić information content (AvgIpc) is 2.64. The highest BCUT2D eigenvalue weighted by Gasteiger charge is 2.02. The van der Waals surface area contributed by atoms with Crippen molar-refractivity contribution in [2.75, 3.05) is 32.9 Å². The molecule has 0 saturated carbocycles. The third-order valence-corrected chi connectivity index (χ3v) is 3.73. The zero-order chi connectivity index (χ0) is 18.2. The van der Waals surface area contributed by atoms with Gasteiger partial charge in [0.25, 0.3) is 0 Å². The number of hydrogen-bond acceptors (Lipinski definition) is 3. The number of nitrogens with one attached hydrogen (secondary N) is 2. The fraction of sp³-hybridized carbons (Fsp3) is 0.650. The molecule has 1 aromatic carbocycles. The Balaban J connectivity index is 0.00000625. The van der Waals surface area contributed by atoms with Gasteiger partial charge in [0.15, 0.2) is 5.96 Å². The van der Waals surface area contributed by atoms with E-state index in [-0.39, 0.29) is 24.0 Å². The Labute approximate surface area is 176 Å². The first kappa shape index (κ1) is 25.1. The zero-order valence-electron chi connectivity index (χ0n) is 16.6. The van der Waals surface area contributed by atoms with E-state index in [1.807, 2.05) is 19.1 Å². The summed E-state index contributed by atoms with van der Waals surface area (Å²) < 4.78 is 11.1. The minimum Gasteiger partial charge on any atom is -0.381 e. The van der Waals surface area contributed by atoms with Crippen molar-refractivity contribution >= 4 is 29.9 Å². The van der Waals surface area contributed by atoms with E-state index in [9.17, 15) is 0 Å². The van der Waals surface area contributed by atoms with Gasteiger partial charge in [-0.1, -0.05) is 37.6 Å². The largest absolute Gasteiger partial charge is 0.381 e. The number of aliphatic imine (C=N–C) groups is 1. The molecule has 0 fully saturated rings. The molecule has 150 valence electrons. The summed E-state index contributed by atoms with van der Waals surface area (Å²) in [6.45, 7) is 11.6. The van der Waals surface area contributed by atoms with Gasteiger partial charge in [-0.2, -0.15) is 0 Å². The number of hydrogen-bond donors (Lipinski definition) is 2. The first-order valence-electron chi connectivity index (χ1n) is 9.56. The number of rotatable bonds is 13. The standard InChI is InChI=1S/C20H35N3O2.HI/c1-4-7-14-25-15-10-13-22-20(21-5-2)23-16-18-11-8-9-12-19(18)17-24-6-3;/h8-9,11-12H,4-7,10,13-17H2,1-3H3,(H2,21,22,23);1H. The van der Waals surface area contributed by atoms with Crippen LogP contribution in [-0.2, 0) is 22.6 Å². The van der Waals surface area contributed by atoms with Crippen LogP contribution in [0.3, 0.4) is 0 Å². The number of benzene rings is 1. The molecule has 26 heavy (non-hydrogen) atoms. The molecule has 0 radical (unpaired) electrons. The van der Waals surface area contributed by atoms with Crippen molar-refractivity contribution in [3.63, 3.8) is 0 Å². The SMILES string of the molecule is CCCCOCCCNC(=NCc1ccccc1COCC)NCC.I.